The number of rotatable bonds is 6. The van der Waals surface area contributed by atoms with E-state index in [9.17, 15) is 14.0 Å². The van der Waals surface area contributed by atoms with Crippen LogP contribution in [0, 0.1) is 5.82 Å². The molecule has 0 unspecified atom stereocenters. The zero-order valence-corrected chi connectivity index (χ0v) is 14.6. The van der Waals surface area contributed by atoms with Crippen LogP contribution < -0.4 is 19.5 Å². The SMILES string of the molecule is COc1cc(C(=O)OCC(=O)NCc2ccc(F)cc2)cc2c1OCCO2. The van der Waals surface area contributed by atoms with Crippen molar-refractivity contribution in [3.8, 4) is 17.2 Å². The minimum Gasteiger partial charge on any atom is -0.493 e. The van der Waals surface area contributed by atoms with Crippen LogP contribution in [-0.4, -0.2) is 38.8 Å². The molecule has 8 heteroatoms. The molecule has 7 nitrogen and oxygen atoms in total. The molecule has 0 bridgehead atoms. The summed E-state index contributed by atoms with van der Waals surface area (Å²) in [5.74, 6) is -0.362. The maximum Gasteiger partial charge on any atom is 0.338 e. The lowest BCUT2D eigenvalue weighted by atomic mass is 10.1. The summed E-state index contributed by atoms with van der Waals surface area (Å²) in [6.45, 7) is 0.507. The number of hydrogen-bond donors (Lipinski definition) is 1. The molecule has 0 fully saturated rings. The van der Waals surface area contributed by atoms with Gasteiger partial charge in [0.2, 0.25) is 5.75 Å². The second kappa shape index (κ2) is 8.39. The van der Waals surface area contributed by atoms with E-state index in [1.807, 2.05) is 0 Å². The zero-order valence-electron chi connectivity index (χ0n) is 14.6. The Morgan fingerprint density at radius 2 is 1.89 bits per heavy atom. The van der Waals surface area contributed by atoms with Crippen LogP contribution in [0.15, 0.2) is 36.4 Å². The Bertz CT molecular complexity index is 820. The van der Waals surface area contributed by atoms with E-state index in [0.29, 0.717) is 30.5 Å². The van der Waals surface area contributed by atoms with Crippen molar-refractivity contribution in [2.75, 3.05) is 26.9 Å². The summed E-state index contributed by atoms with van der Waals surface area (Å²) >= 11 is 0. The monoisotopic (exact) mass is 375 g/mol. The first kappa shape index (κ1) is 18.5. The third kappa shape index (κ3) is 4.66. The summed E-state index contributed by atoms with van der Waals surface area (Å²) in [5.41, 5.74) is 0.912. The second-order valence-corrected chi connectivity index (χ2v) is 5.68. The minimum atomic E-state index is -0.692. The highest BCUT2D eigenvalue weighted by atomic mass is 19.1. The summed E-state index contributed by atoms with van der Waals surface area (Å²) in [4.78, 5) is 24.1. The number of hydrogen-bond acceptors (Lipinski definition) is 6. The number of methoxy groups -OCH3 is 1. The number of ether oxygens (including phenoxy) is 4. The van der Waals surface area contributed by atoms with E-state index in [-0.39, 0.29) is 17.9 Å². The molecule has 1 aliphatic heterocycles. The molecule has 0 saturated carbocycles. The molecule has 0 spiro atoms. The predicted molar refractivity (Wildman–Crippen MR) is 92.5 cm³/mol. The van der Waals surface area contributed by atoms with E-state index in [2.05, 4.69) is 5.32 Å². The molecule has 0 atom stereocenters. The summed E-state index contributed by atoms with van der Waals surface area (Å²) in [6.07, 6.45) is 0. The van der Waals surface area contributed by atoms with Gasteiger partial charge in [0.1, 0.15) is 19.0 Å². The van der Waals surface area contributed by atoms with Crippen molar-refractivity contribution in [1.29, 1.82) is 0 Å². The van der Waals surface area contributed by atoms with Gasteiger partial charge in [0, 0.05) is 6.54 Å². The topological polar surface area (TPSA) is 83.1 Å². The van der Waals surface area contributed by atoms with E-state index in [1.165, 1.54) is 31.4 Å². The molecule has 2 aromatic carbocycles. The fourth-order valence-electron chi connectivity index (χ4n) is 2.46. The van der Waals surface area contributed by atoms with Gasteiger partial charge in [-0.3, -0.25) is 4.79 Å². The van der Waals surface area contributed by atoms with E-state index in [1.54, 1.807) is 12.1 Å². The smallest absolute Gasteiger partial charge is 0.338 e. The Kier molecular flexibility index (Phi) is 5.75. The van der Waals surface area contributed by atoms with Gasteiger partial charge in [-0.1, -0.05) is 12.1 Å². The Morgan fingerprint density at radius 1 is 1.15 bits per heavy atom. The molecular weight excluding hydrogens is 357 g/mol. The number of carbonyl (C=O) groups is 2. The normalized spacial score (nSPS) is 12.2. The van der Waals surface area contributed by atoms with Crippen molar-refractivity contribution in [2.24, 2.45) is 0 Å². The summed E-state index contributed by atoms with van der Waals surface area (Å²) in [6, 6.07) is 8.67. The number of halogens is 1. The first-order chi connectivity index (χ1) is 13.1. The van der Waals surface area contributed by atoms with Crippen LogP contribution in [0.1, 0.15) is 15.9 Å². The van der Waals surface area contributed by atoms with Gasteiger partial charge in [0.05, 0.1) is 12.7 Å². The molecule has 1 N–H and O–H groups in total. The number of benzene rings is 2. The molecule has 142 valence electrons. The van der Waals surface area contributed by atoms with Crippen molar-refractivity contribution < 1.29 is 32.9 Å². The number of esters is 1. The number of fused-ring (bicyclic) bond motifs is 1. The van der Waals surface area contributed by atoms with Crippen molar-refractivity contribution in [3.05, 3.63) is 53.3 Å². The van der Waals surface area contributed by atoms with Crippen LogP contribution in [0.5, 0.6) is 17.2 Å². The second-order valence-electron chi connectivity index (χ2n) is 5.68. The lowest BCUT2D eigenvalue weighted by Crippen LogP contribution is -2.28. The van der Waals surface area contributed by atoms with Gasteiger partial charge >= 0.3 is 5.97 Å². The molecule has 0 aliphatic carbocycles. The lowest BCUT2D eigenvalue weighted by Gasteiger charge is -2.21. The molecule has 3 rings (SSSR count). The van der Waals surface area contributed by atoms with Gasteiger partial charge in [-0.15, -0.1) is 0 Å². The first-order valence-corrected chi connectivity index (χ1v) is 8.22. The minimum absolute atomic E-state index is 0.183. The Balaban J connectivity index is 1.55. The largest absolute Gasteiger partial charge is 0.493 e. The van der Waals surface area contributed by atoms with Gasteiger partial charge in [-0.05, 0) is 29.8 Å². The molecule has 0 aromatic heterocycles. The average Bonchev–Trinajstić information content (AvgIpc) is 2.70. The Hall–Kier alpha value is -3.29. The van der Waals surface area contributed by atoms with Crippen LogP contribution >= 0.6 is 0 Å². The molecule has 0 radical (unpaired) electrons. The summed E-state index contributed by atoms with van der Waals surface area (Å²) in [7, 11) is 1.45. The van der Waals surface area contributed by atoms with Crippen LogP contribution in [0.2, 0.25) is 0 Å². The first-order valence-electron chi connectivity index (χ1n) is 8.22. The van der Waals surface area contributed by atoms with Crippen molar-refractivity contribution in [2.45, 2.75) is 6.54 Å². The summed E-state index contributed by atoms with van der Waals surface area (Å²) in [5, 5.41) is 2.59. The van der Waals surface area contributed by atoms with Gasteiger partial charge in [0.25, 0.3) is 5.91 Å². The van der Waals surface area contributed by atoms with Gasteiger partial charge < -0.3 is 24.3 Å². The molecule has 1 aliphatic rings. The van der Waals surface area contributed by atoms with Gasteiger partial charge in [-0.25, -0.2) is 9.18 Å². The Labute approximate surface area is 155 Å². The van der Waals surface area contributed by atoms with Crippen molar-refractivity contribution in [3.63, 3.8) is 0 Å². The zero-order chi connectivity index (χ0) is 19.2. The summed E-state index contributed by atoms with van der Waals surface area (Å²) < 4.78 is 34.0. The van der Waals surface area contributed by atoms with Gasteiger partial charge in [-0.2, -0.15) is 0 Å². The predicted octanol–water partition coefficient (Wildman–Crippen LogP) is 2.08. The van der Waals surface area contributed by atoms with E-state index < -0.39 is 18.5 Å². The Morgan fingerprint density at radius 3 is 2.63 bits per heavy atom. The number of amides is 1. The quantitative estimate of drug-likeness (QED) is 0.779. The molecule has 27 heavy (non-hydrogen) atoms. The third-order valence-electron chi connectivity index (χ3n) is 3.80. The van der Waals surface area contributed by atoms with Crippen LogP contribution in [-0.2, 0) is 16.1 Å². The van der Waals surface area contributed by atoms with Crippen LogP contribution in [0.3, 0.4) is 0 Å². The maximum absolute atomic E-state index is 12.8. The molecular formula is C19H18FNO6. The highest BCUT2D eigenvalue weighted by Gasteiger charge is 2.22. The maximum atomic E-state index is 12.8. The average molecular weight is 375 g/mol. The molecule has 0 saturated heterocycles. The van der Waals surface area contributed by atoms with E-state index in [4.69, 9.17) is 18.9 Å². The number of carbonyl (C=O) groups excluding carboxylic acids is 2. The number of nitrogens with one attached hydrogen (secondary N) is 1. The third-order valence-corrected chi connectivity index (χ3v) is 3.80. The fraction of sp³-hybridized carbons (Fsp3) is 0.263. The van der Waals surface area contributed by atoms with Crippen molar-refractivity contribution in [1.82, 2.24) is 5.32 Å². The van der Waals surface area contributed by atoms with Crippen molar-refractivity contribution >= 4 is 11.9 Å². The van der Waals surface area contributed by atoms with Crippen LogP contribution in [0.4, 0.5) is 4.39 Å². The molecule has 1 heterocycles. The van der Waals surface area contributed by atoms with E-state index in [0.717, 1.165) is 5.56 Å². The highest BCUT2D eigenvalue weighted by Crippen LogP contribution is 2.40. The fourth-order valence-corrected chi connectivity index (χ4v) is 2.46. The molecule has 2 aromatic rings. The van der Waals surface area contributed by atoms with Crippen LogP contribution in [0.25, 0.3) is 0 Å². The van der Waals surface area contributed by atoms with E-state index >= 15 is 0 Å². The lowest BCUT2D eigenvalue weighted by molar-refractivity contribution is -0.124. The highest BCUT2D eigenvalue weighted by molar-refractivity contribution is 5.92. The molecule has 1 amide bonds. The standard InChI is InChI=1S/C19H18FNO6/c1-24-15-8-13(9-16-18(15)26-7-6-25-16)19(23)27-11-17(22)21-10-12-2-4-14(20)5-3-12/h2-5,8-9H,6-7,10-11H2,1H3,(H,21,22). The van der Waals surface area contributed by atoms with Gasteiger partial charge in [0.15, 0.2) is 18.1 Å².